The Bertz CT molecular complexity index is 1680. The van der Waals surface area contributed by atoms with E-state index in [4.69, 9.17) is 0 Å². The van der Waals surface area contributed by atoms with Gasteiger partial charge in [-0.25, -0.2) is 29.7 Å². The largest absolute Gasteiger partial charge is 0.408 e. The monoisotopic (exact) mass is 544 g/mol. The van der Waals surface area contributed by atoms with Crippen molar-refractivity contribution >= 4 is 28.8 Å². The number of imidazole rings is 1. The van der Waals surface area contributed by atoms with E-state index in [0.29, 0.717) is 12.0 Å². The Morgan fingerprint density at radius 1 is 1.10 bits per heavy atom. The third kappa shape index (κ3) is 4.61. The van der Waals surface area contributed by atoms with Gasteiger partial charge in [-0.15, -0.1) is 0 Å². The van der Waals surface area contributed by atoms with Crippen molar-refractivity contribution in [1.82, 2.24) is 38.6 Å². The summed E-state index contributed by atoms with van der Waals surface area (Å²) >= 11 is 0. The maximum Gasteiger partial charge on any atom is 0.408 e. The average molecular weight is 544 g/mol. The van der Waals surface area contributed by atoms with E-state index >= 15 is 0 Å². The van der Waals surface area contributed by atoms with Gasteiger partial charge in [-0.05, 0) is 25.8 Å². The third-order valence-corrected chi connectivity index (χ3v) is 6.66. The zero-order chi connectivity index (χ0) is 28.1. The van der Waals surface area contributed by atoms with E-state index in [1.54, 1.807) is 6.92 Å². The highest BCUT2D eigenvalue weighted by molar-refractivity contribution is 5.93. The summed E-state index contributed by atoms with van der Waals surface area (Å²) in [4.78, 5) is 59.8. The van der Waals surface area contributed by atoms with Crippen molar-refractivity contribution in [2.24, 2.45) is 14.1 Å². The lowest BCUT2D eigenvalue weighted by atomic mass is 10.2. The molecule has 2 atom stereocenters. The number of aryl methyl sites for hydroxylation is 1. The number of fused-ring (bicyclic) bond motifs is 1. The SMILES string of the molecule is C[C@@H](C(=O)Nc1ccnc(-c2cnc(N3CCC[C@H]3C(F)(F)F)nc2)n1)n1cnc2c1c(=O)n(C)c(=O)n2C. The number of nitrogens with zero attached hydrogens (tertiary/aromatic N) is 9. The smallest absolute Gasteiger partial charge is 0.329 e. The molecule has 1 saturated heterocycles. The second-order valence-corrected chi connectivity index (χ2v) is 9.13. The predicted molar refractivity (Wildman–Crippen MR) is 133 cm³/mol. The van der Waals surface area contributed by atoms with E-state index in [1.165, 1.54) is 54.2 Å². The number of hydrogen-bond donors (Lipinski definition) is 1. The highest BCUT2D eigenvalue weighted by atomic mass is 19.4. The van der Waals surface area contributed by atoms with Crippen molar-refractivity contribution < 1.29 is 18.0 Å². The molecule has 0 saturated carbocycles. The number of anilines is 2. The first-order chi connectivity index (χ1) is 18.5. The molecule has 0 spiro atoms. The zero-order valence-corrected chi connectivity index (χ0v) is 21.0. The molecular formula is C23H23F3N10O3. The summed E-state index contributed by atoms with van der Waals surface area (Å²) in [5.74, 6) is -0.262. The van der Waals surface area contributed by atoms with Gasteiger partial charge in [-0.2, -0.15) is 13.2 Å². The van der Waals surface area contributed by atoms with Gasteiger partial charge >= 0.3 is 11.9 Å². The Morgan fingerprint density at radius 2 is 1.82 bits per heavy atom. The van der Waals surface area contributed by atoms with Crippen LogP contribution in [0.25, 0.3) is 22.6 Å². The van der Waals surface area contributed by atoms with Crippen LogP contribution >= 0.6 is 0 Å². The summed E-state index contributed by atoms with van der Waals surface area (Å²) in [6, 6.07) is -1.07. The summed E-state index contributed by atoms with van der Waals surface area (Å²) in [5, 5.41) is 2.65. The van der Waals surface area contributed by atoms with E-state index in [2.05, 4.69) is 30.2 Å². The van der Waals surface area contributed by atoms with Crippen LogP contribution in [-0.4, -0.2) is 63.3 Å². The molecule has 0 radical (unpaired) electrons. The van der Waals surface area contributed by atoms with Gasteiger partial charge in [0.05, 0.1) is 11.9 Å². The number of halogens is 3. The normalized spacial score (nSPS) is 16.6. The van der Waals surface area contributed by atoms with Gasteiger partial charge in [0.2, 0.25) is 11.9 Å². The molecule has 4 aromatic heterocycles. The van der Waals surface area contributed by atoms with E-state index in [9.17, 15) is 27.6 Å². The first kappa shape index (κ1) is 26.0. The molecule has 5 heterocycles. The quantitative estimate of drug-likeness (QED) is 0.394. The molecule has 5 rings (SSSR count). The molecule has 4 aromatic rings. The number of aromatic nitrogens is 8. The van der Waals surface area contributed by atoms with Gasteiger partial charge in [0, 0.05) is 39.2 Å². The van der Waals surface area contributed by atoms with Crippen molar-refractivity contribution in [2.45, 2.75) is 38.0 Å². The third-order valence-electron chi connectivity index (χ3n) is 6.66. The standard InChI is InChI=1S/C23H23F3N10O3/c1-12(36-11-30-18-16(36)20(38)34(3)22(39)33(18)2)19(37)32-15-6-7-27-17(31-15)13-9-28-21(29-10-13)35-8-4-5-14(35)23(24,25)26/h6-7,9-12,14H,4-5,8H2,1-3H3,(H,27,31,32,37)/t12-,14-/m0/s1. The van der Waals surface area contributed by atoms with Gasteiger partial charge < -0.3 is 14.8 Å². The first-order valence-corrected chi connectivity index (χ1v) is 11.9. The molecule has 0 aromatic carbocycles. The summed E-state index contributed by atoms with van der Waals surface area (Å²) in [6.07, 6.45) is 1.36. The molecule has 13 nitrogen and oxygen atoms in total. The molecule has 16 heteroatoms. The molecule has 1 aliphatic rings. The van der Waals surface area contributed by atoms with Crippen molar-refractivity contribution in [3.63, 3.8) is 0 Å². The predicted octanol–water partition coefficient (Wildman–Crippen LogP) is 1.41. The fourth-order valence-corrected chi connectivity index (χ4v) is 4.51. The topological polar surface area (TPSA) is 146 Å². The molecule has 1 aliphatic heterocycles. The minimum Gasteiger partial charge on any atom is -0.329 e. The average Bonchev–Trinajstić information content (AvgIpc) is 3.59. The van der Waals surface area contributed by atoms with Crippen LogP contribution in [-0.2, 0) is 18.9 Å². The maximum absolute atomic E-state index is 13.3. The number of hydrogen-bond acceptors (Lipinski definition) is 9. The van der Waals surface area contributed by atoms with Crippen molar-refractivity contribution in [3.05, 3.63) is 51.8 Å². The van der Waals surface area contributed by atoms with E-state index in [-0.39, 0.29) is 41.7 Å². The van der Waals surface area contributed by atoms with Gasteiger partial charge in [0.25, 0.3) is 5.56 Å². The second kappa shape index (κ2) is 9.59. The Balaban J connectivity index is 1.35. The molecule has 204 valence electrons. The lowest BCUT2D eigenvalue weighted by Crippen LogP contribution is -2.42. The highest BCUT2D eigenvalue weighted by Crippen LogP contribution is 2.34. The lowest BCUT2D eigenvalue weighted by molar-refractivity contribution is -0.146. The van der Waals surface area contributed by atoms with Crippen LogP contribution < -0.4 is 21.5 Å². The highest BCUT2D eigenvalue weighted by Gasteiger charge is 2.46. The lowest BCUT2D eigenvalue weighted by Gasteiger charge is -2.26. The van der Waals surface area contributed by atoms with Gasteiger partial charge in [0.15, 0.2) is 17.0 Å². The fraction of sp³-hybridized carbons (Fsp3) is 0.391. The second-order valence-electron chi connectivity index (χ2n) is 9.13. The molecule has 1 amide bonds. The maximum atomic E-state index is 13.3. The van der Waals surface area contributed by atoms with E-state index in [0.717, 1.165) is 9.47 Å². The van der Waals surface area contributed by atoms with Crippen LogP contribution in [0.2, 0.25) is 0 Å². The van der Waals surface area contributed by atoms with Crippen LogP contribution in [0.4, 0.5) is 24.9 Å². The Morgan fingerprint density at radius 3 is 2.51 bits per heavy atom. The zero-order valence-electron chi connectivity index (χ0n) is 21.0. The first-order valence-electron chi connectivity index (χ1n) is 11.9. The molecule has 0 bridgehead atoms. The summed E-state index contributed by atoms with van der Waals surface area (Å²) < 4.78 is 43.4. The van der Waals surface area contributed by atoms with Crippen LogP contribution in [0.3, 0.4) is 0 Å². The molecule has 0 unspecified atom stereocenters. The Hall–Kier alpha value is -4.63. The van der Waals surface area contributed by atoms with Gasteiger partial charge in [-0.1, -0.05) is 0 Å². The Kier molecular flexibility index (Phi) is 6.40. The van der Waals surface area contributed by atoms with Gasteiger partial charge in [0.1, 0.15) is 17.9 Å². The van der Waals surface area contributed by atoms with E-state index < -0.39 is 35.4 Å². The number of nitrogens with one attached hydrogen (secondary N) is 1. The molecule has 39 heavy (non-hydrogen) atoms. The van der Waals surface area contributed by atoms with Crippen molar-refractivity contribution in [3.8, 4) is 11.4 Å². The van der Waals surface area contributed by atoms with Crippen LogP contribution in [0.15, 0.2) is 40.6 Å². The fourth-order valence-electron chi connectivity index (χ4n) is 4.51. The van der Waals surface area contributed by atoms with Crippen molar-refractivity contribution in [1.29, 1.82) is 0 Å². The van der Waals surface area contributed by atoms with Crippen LogP contribution in [0, 0.1) is 0 Å². The molecule has 0 aliphatic carbocycles. The van der Waals surface area contributed by atoms with Crippen molar-refractivity contribution in [2.75, 3.05) is 16.8 Å². The minimum absolute atomic E-state index is 0.0144. The summed E-state index contributed by atoms with van der Waals surface area (Å²) in [5.41, 5.74) is -0.551. The van der Waals surface area contributed by atoms with Crippen LogP contribution in [0.5, 0.6) is 0 Å². The number of alkyl halides is 3. The number of carbonyl (C=O) groups is 1. The number of carbonyl (C=O) groups excluding carboxylic acids is 1. The summed E-state index contributed by atoms with van der Waals surface area (Å²) in [6.45, 7) is 1.76. The minimum atomic E-state index is -4.38. The summed E-state index contributed by atoms with van der Waals surface area (Å²) in [7, 11) is 2.81. The van der Waals surface area contributed by atoms with E-state index in [1.807, 2.05) is 0 Å². The Labute approximate surface area is 218 Å². The molecule has 1 fully saturated rings. The molecule has 1 N–H and O–H groups in total. The van der Waals surface area contributed by atoms with Crippen LogP contribution in [0.1, 0.15) is 25.8 Å². The molecular weight excluding hydrogens is 521 g/mol. The number of amides is 1. The van der Waals surface area contributed by atoms with Gasteiger partial charge in [-0.3, -0.25) is 18.7 Å². The number of rotatable bonds is 5.